The molecule has 0 saturated carbocycles. The van der Waals surface area contributed by atoms with Crippen molar-refractivity contribution in [2.24, 2.45) is 0 Å². The van der Waals surface area contributed by atoms with Gasteiger partial charge in [0.25, 0.3) is 0 Å². The average Bonchev–Trinajstić information content (AvgIpc) is 3.42. The first-order valence-electron chi connectivity index (χ1n) is 8.83. The minimum Gasteiger partial charge on any atom is -0.493 e. The molecule has 9 heteroatoms. The molecule has 0 aliphatic rings. The van der Waals surface area contributed by atoms with Gasteiger partial charge in [-0.1, -0.05) is 29.5 Å². The molecule has 0 saturated heterocycles. The Morgan fingerprint density at radius 1 is 1.03 bits per heavy atom. The van der Waals surface area contributed by atoms with Crippen molar-refractivity contribution in [2.75, 3.05) is 14.2 Å². The van der Waals surface area contributed by atoms with Crippen LogP contribution in [0.3, 0.4) is 0 Å². The van der Waals surface area contributed by atoms with Crippen LogP contribution in [0.15, 0.2) is 53.0 Å². The maximum atomic E-state index is 5.39. The normalized spacial score (nSPS) is 10.9. The van der Waals surface area contributed by atoms with E-state index in [-0.39, 0.29) is 0 Å². The van der Waals surface area contributed by atoms with Crippen molar-refractivity contribution in [1.29, 1.82) is 0 Å². The summed E-state index contributed by atoms with van der Waals surface area (Å²) in [5, 5.41) is 15.8. The first-order chi connectivity index (χ1) is 14.2. The fourth-order valence-electron chi connectivity index (χ4n) is 2.73. The van der Waals surface area contributed by atoms with Crippen molar-refractivity contribution in [3.05, 3.63) is 59.1 Å². The Kier molecular flexibility index (Phi) is 5.77. The van der Waals surface area contributed by atoms with Gasteiger partial charge < -0.3 is 9.47 Å². The highest BCUT2D eigenvalue weighted by atomic mass is 32.2. The van der Waals surface area contributed by atoms with E-state index in [9.17, 15) is 0 Å². The number of thioether (sulfide) groups is 1. The number of tetrazole rings is 1. The van der Waals surface area contributed by atoms with E-state index in [0.29, 0.717) is 17.3 Å². The minimum absolute atomic E-state index is 0.677. The van der Waals surface area contributed by atoms with E-state index in [4.69, 9.17) is 14.5 Å². The van der Waals surface area contributed by atoms with E-state index in [1.165, 1.54) is 5.56 Å². The van der Waals surface area contributed by atoms with Crippen LogP contribution in [0.1, 0.15) is 11.3 Å². The molecule has 29 heavy (non-hydrogen) atoms. The molecular weight excluding hydrogens is 406 g/mol. The molecule has 0 aliphatic heterocycles. The van der Waals surface area contributed by atoms with Crippen LogP contribution in [0, 0.1) is 6.92 Å². The molecule has 0 radical (unpaired) electrons. The highest BCUT2D eigenvalue weighted by molar-refractivity contribution is 7.98. The van der Waals surface area contributed by atoms with E-state index in [0.717, 1.165) is 27.1 Å². The molecule has 0 spiro atoms. The molecule has 0 atom stereocenters. The van der Waals surface area contributed by atoms with Gasteiger partial charge in [-0.3, -0.25) is 0 Å². The van der Waals surface area contributed by atoms with Crippen molar-refractivity contribution in [1.82, 2.24) is 25.2 Å². The third-order valence-corrected chi connectivity index (χ3v) is 6.14. The summed E-state index contributed by atoms with van der Waals surface area (Å²) in [4.78, 5) is 4.75. The zero-order valence-electron chi connectivity index (χ0n) is 16.2. The Morgan fingerprint density at radius 3 is 2.59 bits per heavy atom. The number of thiazole rings is 1. The lowest BCUT2D eigenvalue weighted by molar-refractivity contribution is 0.355. The molecular formula is C20H19N5O2S2. The lowest BCUT2D eigenvalue weighted by Crippen LogP contribution is -1.99. The molecule has 0 N–H and O–H groups in total. The molecule has 2 aromatic heterocycles. The van der Waals surface area contributed by atoms with Crippen molar-refractivity contribution in [3.63, 3.8) is 0 Å². The maximum Gasteiger partial charge on any atom is 0.214 e. The molecule has 0 amide bonds. The molecule has 0 fully saturated rings. The number of ether oxygens (including phenoxy) is 2. The van der Waals surface area contributed by atoms with Crippen LogP contribution in [-0.2, 0) is 5.75 Å². The van der Waals surface area contributed by atoms with Gasteiger partial charge in [0, 0.05) is 16.7 Å². The van der Waals surface area contributed by atoms with Crippen LogP contribution < -0.4 is 9.47 Å². The van der Waals surface area contributed by atoms with Gasteiger partial charge in [-0.2, -0.15) is 4.68 Å². The number of nitrogens with zero attached hydrogens (tertiary/aromatic N) is 5. The molecule has 4 aromatic rings. The van der Waals surface area contributed by atoms with Crippen LogP contribution in [0.5, 0.6) is 11.5 Å². The summed E-state index contributed by atoms with van der Waals surface area (Å²) >= 11 is 3.15. The van der Waals surface area contributed by atoms with E-state index < -0.39 is 0 Å². The summed E-state index contributed by atoms with van der Waals surface area (Å²) in [6.07, 6.45) is 0. The van der Waals surface area contributed by atoms with Gasteiger partial charge in [0.2, 0.25) is 5.16 Å². The Balaban J connectivity index is 1.48. The quantitative estimate of drug-likeness (QED) is 0.406. The summed E-state index contributed by atoms with van der Waals surface area (Å²) < 4.78 is 12.4. The summed E-state index contributed by atoms with van der Waals surface area (Å²) in [5.74, 6) is 2.07. The second kappa shape index (κ2) is 8.62. The smallest absolute Gasteiger partial charge is 0.214 e. The first-order valence-corrected chi connectivity index (χ1v) is 10.7. The van der Waals surface area contributed by atoms with Crippen molar-refractivity contribution in [2.45, 2.75) is 17.8 Å². The summed E-state index contributed by atoms with van der Waals surface area (Å²) in [5.41, 5.74) is 4.10. The third kappa shape index (κ3) is 4.25. The molecule has 2 aromatic carbocycles. The molecule has 4 rings (SSSR count). The zero-order valence-corrected chi connectivity index (χ0v) is 17.8. The topological polar surface area (TPSA) is 75.0 Å². The number of rotatable bonds is 7. The van der Waals surface area contributed by atoms with E-state index in [1.807, 2.05) is 42.5 Å². The molecule has 0 unspecified atom stereocenters. The Hall–Kier alpha value is -2.91. The number of hydrogen-bond donors (Lipinski definition) is 0. The zero-order chi connectivity index (χ0) is 20.2. The minimum atomic E-state index is 0.677. The van der Waals surface area contributed by atoms with Crippen LogP contribution in [-0.4, -0.2) is 39.4 Å². The van der Waals surface area contributed by atoms with Gasteiger partial charge in [-0.15, -0.1) is 16.4 Å². The van der Waals surface area contributed by atoms with Gasteiger partial charge in [-0.25, -0.2) is 4.98 Å². The molecule has 0 aliphatic carbocycles. The summed E-state index contributed by atoms with van der Waals surface area (Å²) in [7, 11) is 3.25. The highest BCUT2D eigenvalue weighted by Crippen LogP contribution is 2.34. The highest BCUT2D eigenvalue weighted by Gasteiger charge is 2.12. The molecule has 148 valence electrons. The van der Waals surface area contributed by atoms with Gasteiger partial charge in [0.1, 0.15) is 5.01 Å². The molecule has 2 heterocycles. The van der Waals surface area contributed by atoms with Crippen molar-refractivity contribution < 1.29 is 9.47 Å². The van der Waals surface area contributed by atoms with E-state index >= 15 is 0 Å². The Bertz CT molecular complexity index is 1110. The monoisotopic (exact) mass is 425 g/mol. The molecule has 0 bridgehead atoms. The maximum absolute atomic E-state index is 5.39. The number of benzene rings is 2. The number of aryl methyl sites for hydroxylation is 1. The fourth-order valence-corrected chi connectivity index (χ4v) is 4.44. The average molecular weight is 426 g/mol. The number of aromatic nitrogens is 5. The second-order valence-corrected chi connectivity index (χ2v) is 8.01. The predicted octanol–water partition coefficient (Wildman–Crippen LogP) is 4.40. The lowest BCUT2D eigenvalue weighted by atomic mass is 10.2. The molecule has 7 nitrogen and oxygen atoms in total. The summed E-state index contributed by atoms with van der Waals surface area (Å²) in [6, 6.07) is 13.9. The van der Waals surface area contributed by atoms with Gasteiger partial charge >= 0.3 is 0 Å². The van der Waals surface area contributed by atoms with Crippen LogP contribution >= 0.6 is 23.1 Å². The second-order valence-electron chi connectivity index (χ2n) is 6.21. The predicted molar refractivity (Wildman–Crippen MR) is 114 cm³/mol. The Labute approximate surface area is 176 Å². The van der Waals surface area contributed by atoms with Gasteiger partial charge in [0.05, 0.1) is 25.6 Å². The third-order valence-electron chi connectivity index (χ3n) is 4.25. The first kappa shape index (κ1) is 19.4. The lowest BCUT2D eigenvalue weighted by Gasteiger charge is -2.08. The fraction of sp³-hybridized carbons (Fsp3) is 0.200. The van der Waals surface area contributed by atoms with Gasteiger partial charge in [-0.05, 0) is 47.7 Å². The van der Waals surface area contributed by atoms with Crippen molar-refractivity contribution in [3.8, 4) is 27.8 Å². The SMILES string of the molecule is COc1ccc(-c2nc(CSc3nnnn3-c3ccc(C)cc3)cs2)cc1OC. The van der Waals surface area contributed by atoms with Gasteiger partial charge in [0.15, 0.2) is 11.5 Å². The van der Waals surface area contributed by atoms with E-state index in [1.54, 1.807) is 42.0 Å². The van der Waals surface area contributed by atoms with Crippen LogP contribution in [0.25, 0.3) is 16.3 Å². The van der Waals surface area contributed by atoms with E-state index in [2.05, 4.69) is 27.8 Å². The van der Waals surface area contributed by atoms with Crippen LogP contribution in [0.2, 0.25) is 0 Å². The Morgan fingerprint density at radius 2 is 1.83 bits per heavy atom. The number of methoxy groups -OCH3 is 2. The largest absolute Gasteiger partial charge is 0.493 e. The summed E-state index contributed by atoms with van der Waals surface area (Å²) in [6.45, 7) is 2.05. The number of hydrogen-bond acceptors (Lipinski definition) is 8. The standard InChI is InChI=1S/C20H19N5O2S2/c1-13-4-7-16(8-5-13)25-20(22-23-24-25)29-12-15-11-28-19(21-15)14-6-9-17(26-2)18(10-14)27-3/h4-11H,12H2,1-3H3. The van der Waals surface area contributed by atoms with Crippen molar-refractivity contribution >= 4 is 23.1 Å². The van der Waals surface area contributed by atoms with Crippen LogP contribution in [0.4, 0.5) is 0 Å².